The van der Waals surface area contributed by atoms with Gasteiger partial charge in [0.1, 0.15) is 18.2 Å². The van der Waals surface area contributed by atoms with E-state index in [-0.39, 0.29) is 6.04 Å². The van der Waals surface area contributed by atoms with Crippen LogP contribution in [0.3, 0.4) is 0 Å². The fraction of sp³-hybridized carbons (Fsp3) is 0.200. The Hall–Kier alpha value is -3.69. The molecule has 3 heterocycles. The molecular formula is C20H19F3N6O. The molecule has 1 aromatic carbocycles. The number of hydrogen-bond acceptors (Lipinski definition) is 4. The Morgan fingerprint density at radius 1 is 1.33 bits per heavy atom. The van der Waals surface area contributed by atoms with Crippen molar-refractivity contribution in [2.24, 2.45) is 0 Å². The zero-order valence-corrected chi connectivity index (χ0v) is 15.9. The first-order chi connectivity index (χ1) is 14.3. The lowest BCUT2D eigenvalue weighted by atomic mass is 10.1. The monoisotopic (exact) mass is 416 g/mol. The van der Waals surface area contributed by atoms with Crippen LogP contribution in [-0.4, -0.2) is 33.2 Å². The van der Waals surface area contributed by atoms with Crippen LogP contribution in [0.1, 0.15) is 17.4 Å². The number of amides is 2. The smallest absolute Gasteiger partial charge is 0.346 e. The van der Waals surface area contributed by atoms with Crippen molar-refractivity contribution in [2.45, 2.75) is 19.1 Å². The van der Waals surface area contributed by atoms with Crippen molar-refractivity contribution in [3.63, 3.8) is 0 Å². The number of halogens is 3. The summed E-state index contributed by atoms with van der Waals surface area (Å²) in [4.78, 5) is 17.9. The first-order valence-corrected chi connectivity index (χ1v) is 9.18. The molecule has 0 bridgehead atoms. The molecule has 0 saturated heterocycles. The lowest BCUT2D eigenvalue weighted by Crippen LogP contribution is -2.36. The number of hydrogen-bond donors (Lipinski definition) is 3. The Kier molecular flexibility index (Phi) is 4.98. The third kappa shape index (κ3) is 4.17. The summed E-state index contributed by atoms with van der Waals surface area (Å²) in [6.45, 7) is 0.547. The Balaban J connectivity index is 1.46. The molecule has 0 radical (unpaired) electrons. The predicted octanol–water partition coefficient (Wildman–Crippen LogP) is 3.69. The quantitative estimate of drug-likeness (QED) is 0.711. The Morgan fingerprint density at radius 3 is 2.90 bits per heavy atom. The third-order valence-corrected chi connectivity index (χ3v) is 4.69. The summed E-state index contributed by atoms with van der Waals surface area (Å²) in [5.41, 5.74) is 2.03. The molecule has 1 atom stereocenters. The number of aromatic nitrogens is 2. The molecular weight excluding hydrogens is 397 g/mol. The number of anilines is 1. The molecule has 3 N–H and O–H groups in total. The van der Waals surface area contributed by atoms with Gasteiger partial charge in [-0.15, -0.1) is 0 Å². The number of nitrogens with one attached hydrogen (secondary N) is 3. The Morgan fingerprint density at radius 2 is 2.17 bits per heavy atom. The molecule has 2 aromatic rings. The summed E-state index contributed by atoms with van der Waals surface area (Å²) in [7, 11) is 0. The summed E-state index contributed by atoms with van der Waals surface area (Å²) < 4.78 is 38.8. The van der Waals surface area contributed by atoms with Gasteiger partial charge in [-0.2, -0.15) is 13.2 Å². The van der Waals surface area contributed by atoms with E-state index < -0.39 is 18.8 Å². The molecule has 0 saturated carbocycles. The van der Waals surface area contributed by atoms with Gasteiger partial charge in [-0.3, -0.25) is 0 Å². The summed E-state index contributed by atoms with van der Waals surface area (Å²) in [5, 5.41) is 7.44. The van der Waals surface area contributed by atoms with E-state index in [0.717, 1.165) is 22.9 Å². The van der Waals surface area contributed by atoms with Gasteiger partial charge in [0.15, 0.2) is 0 Å². The van der Waals surface area contributed by atoms with Gasteiger partial charge in [0.05, 0.1) is 11.7 Å². The zero-order valence-electron chi connectivity index (χ0n) is 15.9. The minimum atomic E-state index is -4.46. The van der Waals surface area contributed by atoms with Crippen LogP contribution in [0.4, 0.5) is 23.7 Å². The van der Waals surface area contributed by atoms with Gasteiger partial charge in [0.2, 0.25) is 0 Å². The summed E-state index contributed by atoms with van der Waals surface area (Å²) in [5.74, 6) is 1.79. The van der Waals surface area contributed by atoms with Crippen LogP contribution in [0.15, 0.2) is 67.0 Å². The average molecular weight is 416 g/mol. The van der Waals surface area contributed by atoms with Crippen LogP contribution < -0.4 is 16.0 Å². The van der Waals surface area contributed by atoms with Gasteiger partial charge >= 0.3 is 12.2 Å². The normalized spacial score (nSPS) is 17.7. The number of imidazole rings is 1. The van der Waals surface area contributed by atoms with Crippen molar-refractivity contribution in [1.29, 1.82) is 0 Å². The van der Waals surface area contributed by atoms with Crippen molar-refractivity contribution in [3.05, 3.63) is 78.4 Å². The molecule has 30 heavy (non-hydrogen) atoms. The molecule has 0 fully saturated rings. The van der Waals surface area contributed by atoms with Crippen LogP contribution in [0, 0.1) is 6.92 Å². The van der Waals surface area contributed by atoms with Crippen LogP contribution in [0.2, 0.25) is 0 Å². The van der Waals surface area contributed by atoms with E-state index in [9.17, 15) is 18.0 Å². The number of carbonyl (C=O) groups excluding carboxylic acids is 1. The topological polar surface area (TPSA) is 74.2 Å². The molecule has 2 amide bonds. The summed E-state index contributed by atoms with van der Waals surface area (Å²) in [6, 6.07) is 6.01. The summed E-state index contributed by atoms with van der Waals surface area (Å²) >= 11 is 0. The minimum absolute atomic E-state index is 0.0318. The highest BCUT2D eigenvalue weighted by atomic mass is 19.4. The molecule has 0 spiro atoms. The third-order valence-electron chi connectivity index (χ3n) is 4.69. The van der Waals surface area contributed by atoms with Gasteiger partial charge in [-0.1, -0.05) is 12.1 Å². The maximum Gasteiger partial charge on any atom is 0.405 e. The molecule has 1 unspecified atom stereocenters. The first kappa shape index (κ1) is 19.6. The van der Waals surface area contributed by atoms with E-state index in [1.807, 2.05) is 47.1 Å². The molecule has 4 rings (SSSR count). The molecule has 156 valence electrons. The second kappa shape index (κ2) is 7.62. The molecule has 7 nitrogen and oxygen atoms in total. The number of fused-ring (bicyclic) bond motifs is 1. The first-order valence-electron chi connectivity index (χ1n) is 9.18. The highest BCUT2D eigenvalue weighted by Gasteiger charge is 2.28. The van der Waals surface area contributed by atoms with E-state index >= 15 is 0 Å². The fourth-order valence-electron chi connectivity index (χ4n) is 3.30. The maximum absolute atomic E-state index is 12.2. The SMILES string of the molecule is Cc1nccn1C1C=CN2C(=C1)NC=C2c1cccc(NC(=O)NCC(F)(F)F)c1. The highest BCUT2D eigenvalue weighted by Crippen LogP contribution is 2.33. The molecule has 0 aliphatic carbocycles. The Bertz CT molecular complexity index is 1050. The second-order valence-electron chi connectivity index (χ2n) is 6.81. The van der Waals surface area contributed by atoms with Gasteiger partial charge in [0.25, 0.3) is 0 Å². The molecule has 2 aliphatic heterocycles. The van der Waals surface area contributed by atoms with E-state index in [4.69, 9.17) is 0 Å². The molecule has 1 aromatic heterocycles. The minimum Gasteiger partial charge on any atom is -0.346 e. The number of rotatable bonds is 4. The van der Waals surface area contributed by atoms with Crippen LogP contribution in [0.25, 0.3) is 5.70 Å². The Labute approximate surface area is 170 Å². The number of alkyl halides is 3. The number of carbonyl (C=O) groups is 1. The maximum atomic E-state index is 12.2. The highest BCUT2D eigenvalue weighted by molar-refractivity contribution is 5.90. The summed E-state index contributed by atoms with van der Waals surface area (Å²) in [6.07, 6.45) is 7.08. The van der Waals surface area contributed by atoms with Crippen LogP contribution >= 0.6 is 0 Å². The molecule has 2 aliphatic rings. The van der Waals surface area contributed by atoms with Crippen molar-refractivity contribution in [2.75, 3.05) is 11.9 Å². The molecule has 10 heteroatoms. The fourth-order valence-corrected chi connectivity index (χ4v) is 3.30. The number of urea groups is 1. The standard InChI is InChI=1S/C20H19F3N6O/c1-13-24-6-8-28(13)16-5-7-29-17(11-25-18(29)10-16)14-3-2-4-15(9-14)27-19(30)26-12-20(21,22)23/h2-11,16,25H,12H2,1H3,(H2,26,27,30). The van der Waals surface area contributed by atoms with E-state index in [1.54, 1.807) is 29.7 Å². The van der Waals surface area contributed by atoms with Crippen molar-refractivity contribution in [1.82, 2.24) is 25.1 Å². The van der Waals surface area contributed by atoms with Crippen molar-refractivity contribution < 1.29 is 18.0 Å². The number of benzene rings is 1. The zero-order chi connectivity index (χ0) is 21.3. The average Bonchev–Trinajstić information content (AvgIpc) is 3.31. The van der Waals surface area contributed by atoms with Gasteiger partial charge in [0, 0.05) is 36.0 Å². The predicted molar refractivity (Wildman–Crippen MR) is 106 cm³/mol. The number of allylic oxidation sites excluding steroid dienone is 2. The van der Waals surface area contributed by atoms with Crippen molar-refractivity contribution in [3.8, 4) is 0 Å². The largest absolute Gasteiger partial charge is 0.405 e. The number of aryl methyl sites for hydroxylation is 1. The van der Waals surface area contributed by atoms with E-state index in [0.29, 0.717) is 5.69 Å². The lowest BCUT2D eigenvalue weighted by Gasteiger charge is -2.26. The van der Waals surface area contributed by atoms with Crippen LogP contribution in [0.5, 0.6) is 0 Å². The second-order valence-corrected chi connectivity index (χ2v) is 6.81. The van der Waals surface area contributed by atoms with Crippen LogP contribution in [-0.2, 0) is 0 Å². The van der Waals surface area contributed by atoms with E-state index in [2.05, 4.69) is 21.7 Å². The van der Waals surface area contributed by atoms with E-state index in [1.165, 1.54) is 0 Å². The van der Waals surface area contributed by atoms with Gasteiger partial charge in [-0.25, -0.2) is 9.78 Å². The van der Waals surface area contributed by atoms with Crippen molar-refractivity contribution >= 4 is 17.4 Å². The van der Waals surface area contributed by atoms with Gasteiger partial charge < -0.3 is 25.4 Å². The number of nitrogens with zero attached hydrogens (tertiary/aromatic N) is 3. The lowest BCUT2D eigenvalue weighted by molar-refractivity contribution is -0.122. The van der Waals surface area contributed by atoms with Gasteiger partial charge in [-0.05, 0) is 31.2 Å².